The number of ether oxygens (including phenoxy) is 1. The molecule has 0 amide bonds. The molecule has 6 heteroatoms. The summed E-state index contributed by atoms with van der Waals surface area (Å²) < 4.78 is 7.65. The first-order valence-electron chi connectivity index (χ1n) is 11.9. The molecule has 6 nitrogen and oxygen atoms in total. The van der Waals surface area contributed by atoms with Crippen LogP contribution in [0.4, 0.5) is 0 Å². The quantitative estimate of drug-likeness (QED) is 0.344. The molecular formula is C29H30N2O4. The van der Waals surface area contributed by atoms with Crippen LogP contribution in [0.5, 0.6) is 5.75 Å². The zero-order valence-corrected chi connectivity index (χ0v) is 20.3. The second-order valence-electron chi connectivity index (χ2n) is 8.89. The van der Waals surface area contributed by atoms with Crippen molar-refractivity contribution in [1.82, 2.24) is 9.55 Å². The van der Waals surface area contributed by atoms with Crippen molar-refractivity contribution in [1.29, 1.82) is 0 Å². The Hall–Kier alpha value is -3.93. The van der Waals surface area contributed by atoms with Crippen LogP contribution in [0.15, 0.2) is 71.5 Å². The first-order valence-corrected chi connectivity index (χ1v) is 11.9. The summed E-state index contributed by atoms with van der Waals surface area (Å²) in [6.45, 7) is 6.35. The second kappa shape index (κ2) is 10.6. The molecule has 0 aliphatic rings. The number of aromatic nitrogens is 2. The van der Waals surface area contributed by atoms with Crippen molar-refractivity contribution in [2.75, 3.05) is 0 Å². The van der Waals surface area contributed by atoms with Gasteiger partial charge in [-0.1, -0.05) is 67.4 Å². The van der Waals surface area contributed by atoms with E-state index in [1.54, 1.807) is 34.9 Å². The Kier molecular flexibility index (Phi) is 7.30. The zero-order valence-electron chi connectivity index (χ0n) is 20.3. The van der Waals surface area contributed by atoms with Crippen molar-refractivity contribution in [3.63, 3.8) is 0 Å². The molecule has 1 N–H and O–H groups in total. The van der Waals surface area contributed by atoms with Gasteiger partial charge in [0.25, 0.3) is 5.56 Å². The van der Waals surface area contributed by atoms with E-state index in [9.17, 15) is 14.7 Å². The maximum absolute atomic E-state index is 13.4. The highest BCUT2D eigenvalue weighted by molar-refractivity contribution is 5.78. The third kappa shape index (κ3) is 5.43. The highest BCUT2D eigenvalue weighted by Crippen LogP contribution is 2.27. The molecule has 4 rings (SSSR count). The van der Waals surface area contributed by atoms with Gasteiger partial charge in [0.2, 0.25) is 6.10 Å². The minimum atomic E-state index is -1.10. The van der Waals surface area contributed by atoms with Crippen molar-refractivity contribution >= 4 is 16.9 Å². The van der Waals surface area contributed by atoms with Gasteiger partial charge < -0.3 is 9.84 Å². The minimum Gasteiger partial charge on any atom is -0.478 e. The summed E-state index contributed by atoms with van der Waals surface area (Å²) in [6.07, 6.45) is 1.59. The number of fused-ring (bicyclic) bond motifs is 1. The number of hydrogen-bond acceptors (Lipinski definition) is 4. The van der Waals surface area contributed by atoms with Crippen molar-refractivity contribution in [3.8, 4) is 5.75 Å². The minimum absolute atomic E-state index is 0.0437. The molecule has 0 aliphatic carbocycles. The Morgan fingerprint density at radius 1 is 1.06 bits per heavy atom. The van der Waals surface area contributed by atoms with Crippen LogP contribution in [0.25, 0.3) is 10.9 Å². The number of carboxylic acid groups (broad SMARTS) is 1. The average Bonchev–Trinajstić information content (AvgIpc) is 2.85. The topological polar surface area (TPSA) is 81.4 Å². The van der Waals surface area contributed by atoms with Gasteiger partial charge in [-0.2, -0.15) is 0 Å². The van der Waals surface area contributed by atoms with Crippen molar-refractivity contribution in [3.05, 3.63) is 105 Å². The number of rotatable bonds is 9. The van der Waals surface area contributed by atoms with Crippen LogP contribution in [0, 0.1) is 13.8 Å². The van der Waals surface area contributed by atoms with Crippen molar-refractivity contribution < 1.29 is 14.6 Å². The summed E-state index contributed by atoms with van der Waals surface area (Å²) in [5, 5.41) is 10.3. The van der Waals surface area contributed by atoms with Crippen LogP contribution < -0.4 is 10.3 Å². The molecule has 0 saturated carbocycles. The second-order valence-corrected chi connectivity index (χ2v) is 8.89. The van der Waals surface area contributed by atoms with E-state index in [2.05, 4.69) is 6.92 Å². The third-order valence-corrected chi connectivity index (χ3v) is 6.09. The maximum Gasteiger partial charge on any atom is 0.349 e. The van der Waals surface area contributed by atoms with Gasteiger partial charge >= 0.3 is 5.97 Å². The van der Waals surface area contributed by atoms with E-state index in [-0.39, 0.29) is 5.56 Å². The molecule has 0 radical (unpaired) electrons. The SMILES string of the molecule is CCCCc1nc2ccc(C)cc2c(=O)n1Cc1ccc(OC(C(=O)O)c2ccccc2)c(C)c1. The zero-order chi connectivity index (χ0) is 24.9. The molecule has 0 bridgehead atoms. The predicted molar refractivity (Wildman–Crippen MR) is 137 cm³/mol. The Morgan fingerprint density at radius 2 is 1.83 bits per heavy atom. The van der Waals surface area contributed by atoms with Gasteiger partial charge in [0.05, 0.1) is 17.4 Å². The first kappa shape index (κ1) is 24.2. The van der Waals surface area contributed by atoms with Gasteiger partial charge in [0.15, 0.2) is 0 Å². The fraction of sp³-hybridized carbons (Fsp3) is 0.276. The van der Waals surface area contributed by atoms with Gasteiger partial charge in [0.1, 0.15) is 11.6 Å². The van der Waals surface area contributed by atoms with E-state index in [1.165, 1.54) is 0 Å². The number of aryl methyl sites for hydroxylation is 3. The van der Waals surface area contributed by atoms with E-state index < -0.39 is 12.1 Å². The molecule has 1 unspecified atom stereocenters. The maximum atomic E-state index is 13.4. The van der Waals surface area contributed by atoms with Gasteiger partial charge in [-0.3, -0.25) is 9.36 Å². The molecule has 35 heavy (non-hydrogen) atoms. The number of carbonyl (C=O) groups is 1. The van der Waals surface area contributed by atoms with Crippen LogP contribution in [0.3, 0.4) is 0 Å². The monoisotopic (exact) mass is 470 g/mol. The lowest BCUT2D eigenvalue weighted by atomic mass is 10.1. The van der Waals surface area contributed by atoms with Crippen molar-refractivity contribution in [2.24, 2.45) is 0 Å². The van der Waals surface area contributed by atoms with Gasteiger partial charge in [-0.25, -0.2) is 9.78 Å². The molecule has 1 aromatic heterocycles. The van der Waals surface area contributed by atoms with E-state index in [0.29, 0.717) is 23.2 Å². The molecule has 3 aromatic carbocycles. The number of benzene rings is 3. The number of unbranched alkanes of at least 4 members (excludes halogenated alkanes) is 1. The molecule has 1 heterocycles. The summed E-state index contributed by atoms with van der Waals surface area (Å²) in [5.74, 6) is 0.223. The molecule has 4 aromatic rings. The smallest absolute Gasteiger partial charge is 0.349 e. The predicted octanol–water partition coefficient (Wildman–Crippen LogP) is 5.61. The lowest BCUT2D eigenvalue weighted by molar-refractivity contribution is -0.145. The molecule has 180 valence electrons. The molecule has 0 aliphatic heterocycles. The molecular weight excluding hydrogens is 440 g/mol. The first-order chi connectivity index (χ1) is 16.9. The summed E-state index contributed by atoms with van der Waals surface area (Å²) >= 11 is 0. The Morgan fingerprint density at radius 3 is 2.51 bits per heavy atom. The fourth-order valence-corrected chi connectivity index (χ4v) is 4.21. The van der Waals surface area contributed by atoms with E-state index in [4.69, 9.17) is 9.72 Å². The number of hydrogen-bond donors (Lipinski definition) is 1. The fourth-order valence-electron chi connectivity index (χ4n) is 4.21. The molecule has 0 fully saturated rings. The number of aliphatic carboxylic acids is 1. The molecule has 0 saturated heterocycles. The van der Waals surface area contributed by atoms with Gasteiger partial charge in [-0.05, 0) is 49.6 Å². The van der Waals surface area contributed by atoms with E-state index in [1.807, 2.05) is 50.2 Å². The van der Waals surface area contributed by atoms with Crippen molar-refractivity contribution in [2.45, 2.75) is 52.7 Å². The van der Waals surface area contributed by atoms with Gasteiger partial charge in [-0.15, -0.1) is 0 Å². The summed E-state index contributed by atoms with van der Waals surface area (Å²) in [4.78, 5) is 30.1. The van der Waals surface area contributed by atoms with Crippen LogP contribution >= 0.6 is 0 Å². The van der Waals surface area contributed by atoms with E-state index in [0.717, 1.165) is 47.3 Å². The lowest BCUT2D eigenvalue weighted by Crippen LogP contribution is -2.26. The average molecular weight is 471 g/mol. The largest absolute Gasteiger partial charge is 0.478 e. The van der Waals surface area contributed by atoms with Crippen LogP contribution in [0.1, 0.15) is 53.9 Å². The van der Waals surface area contributed by atoms with Crippen LogP contribution in [-0.4, -0.2) is 20.6 Å². The summed E-state index contributed by atoms with van der Waals surface area (Å²) in [6, 6.07) is 20.3. The highest BCUT2D eigenvalue weighted by atomic mass is 16.5. The highest BCUT2D eigenvalue weighted by Gasteiger charge is 2.22. The summed E-state index contributed by atoms with van der Waals surface area (Å²) in [5.41, 5.74) is 4.01. The van der Waals surface area contributed by atoms with Gasteiger partial charge in [0, 0.05) is 12.0 Å². The third-order valence-electron chi connectivity index (χ3n) is 6.09. The number of nitrogens with zero attached hydrogens (tertiary/aromatic N) is 2. The van der Waals surface area contributed by atoms with E-state index >= 15 is 0 Å². The molecule has 0 spiro atoms. The van der Waals surface area contributed by atoms with Crippen LogP contribution in [-0.2, 0) is 17.8 Å². The normalized spacial score (nSPS) is 12.0. The molecule has 1 atom stereocenters. The Bertz CT molecular complexity index is 1410. The standard InChI is InChI=1S/C29H30N2O4/c1-4-5-11-26-30-24-14-12-19(2)16-23(24)28(32)31(26)18-21-13-15-25(20(3)17-21)35-27(29(33)34)22-9-7-6-8-10-22/h6-10,12-17,27H,4-5,11,18H2,1-3H3,(H,33,34). The lowest BCUT2D eigenvalue weighted by Gasteiger charge is -2.18. The Balaban J connectivity index is 1.66. The number of carboxylic acids is 1. The summed E-state index contributed by atoms with van der Waals surface area (Å²) in [7, 11) is 0. The Labute approximate surface area is 204 Å². The van der Waals surface area contributed by atoms with Crippen LogP contribution in [0.2, 0.25) is 0 Å².